The average Bonchev–Trinajstić information content (AvgIpc) is 2.24. The van der Waals surface area contributed by atoms with Crippen LogP contribution in [-0.2, 0) is 4.79 Å². The summed E-state index contributed by atoms with van der Waals surface area (Å²) in [5.74, 6) is 0.371. The van der Waals surface area contributed by atoms with E-state index in [-0.39, 0.29) is 5.91 Å². The van der Waals surface area contributed by atoms with Crippen molar-refractivity contribution in [3.63, 3.8) is 0 Å². The Hall–Kier alpha value is -1.54. The highest BCUT2D eigenvalue weighted by atomic mass is 32.2. The van der Waals surface area contributed by atoms with Crippen LogP contribution in [0.2, 0.25) is 0 Å². The fourth-order valence-corrected chi connectivity index (χ4v) is 2.44. The highest BCUT2D eigenvalue weighted by Gasteiger charge is 2.11. The molecule has 0 aliphatic carbocycles. The van der Waals surface area contributed by atoms with E-state index in [4.69, 9.17) is 5.26 Å². The first kappa shape index (κ1) is 13.5. The van der Waals surface area contributed by atoms with Crippen LogP contribution in [0.25, 0.3) is 0 Å². The van der Waals surface area contributed by atoms with Crippen LogP contribution in [0, 0.1) is 25.2 Å². The van der Waals surface area contributed by atoms with E-state index in [1.165, 1.54) is 11.8 Å². The number of amides is 1. The molecule has 1 aromatic heterocycles. The Balaban J connectivity index is 2.91. The minimum atomic E-state index is 0.0333. The van der Waals surface area contributed by atoms with Crippen LogP contribution < -0.4 is 0 Å². The highest BCUT2D eigenvalue weighted by molar-refractivity contribution is 8.00. The second-order valence-electron chi connectivity index (χ2n) is 3.91. The summed E-state index contributed by atoms with van der Waals surface area (Å²) in [6.45, 7) is 3.69. The van der Waals surface area contributed by atoms with Crippen molar-refractivity contribution in [3.8, 4) is 6.07 Å². The van der Waals surface area contributed by atoms with Crippen LogP contribution in [0.3, 0.4) is 0 Å². The fourth-order valence-electron chi connectivity index (χ4n) is 1.31. The molecule has 1 amide bonds. The van der Waals surface area contributed by atoms with Gasteiger partial charge in [-0.1, -0.05) is 0 Å². The van der Waals surface area contributed by atoms with E-state index in [2.05, 4.69) is 11.1 Å². The van der Waals surface area contributed by atoms with Crippen LogP contribution in [-0.4, -0.2) is 35.6 Å². The van der Waals surface area contributed by atoms with Gasteiger partial charge in [0.1, 0.15) is 6.07 Å². The molecule has 0 aliphatic heterocycles. The van der Waals surface area contributed by atoms with Crippen LogP contribution in [0.5, 0.6) is 0 Å². The zero-order valence-electron chi connectivity index (χ0n) is 10.4. The van der Waals surface area contributed by atoms with Gasteiger partial charge >= 0.3 is 0 Å². The molecule has 0 bridgehead atoms. The molecule has 0 aromatic carbocycles. The molecule has 1 aromatic rings. The number of thioether (sulfide) groups is 1. The van der Waals surface area contributed by atoms with Gasteiger partial charge in [0.15, 0.2) is 0 Å². The number of aromatic nitrogens is 1. The van der Waals surface area contributed by atoms with Crippen LogP contribution >= 0.6 is 11.8 Å². The maximum atomic E-state index is 11.5. The second kappa shape index (κ2) is 5.69. The van der Waals surface area contributed by atoms with Gasteiger partial charge in [-0.05, 0) is 19.9 Å². The fraction of sp³-hybridized carbons (Fsp3) is 0.417. The normalized spacial score (nSPS) is 9.82. The molecule has 0 fully saturated rings. The molecule has 0 spiro atoms. The average molecular weight is 249 g/mol. The van der Waals surface area contributed by atoms with Crippen molar-refractivity contribution in [1.82, 2.24) is 9.88 Å². The van der Waals surface area contributed by atoms with Gasteiger partial charge in [-0.2, -0.15) is 5.26 Å². The zero-order valence-corrected chi connectivity index (χ0v) is 11.3. The van der Waals surface area contributed by atoms with E-state index in [1.54, 1.807) is 19.0 Å². The number of pyridine rings is 1. The van der Waals surface area contributed by atoms with Crippen LogP contribution in [0.15, 0.2) is 11.0 Å². The summed E-state index contributed by atoms with van der Waals surface area (Å²) in [6.07, 6.45) is 0. The van der Waals surface area contributed by atoms with E-state index in [1.807, 2.05) is 19.9 Å². The Kier molecular flexibility index (Phi) is 4.53. The standard InChI is InChI=1S/C12H15N3OS/c1-8-5-11(10(6-13)9(2)14-8)17-7-12(16)15(3)4/h5H,7H2,1-4H3. The lowest BCUT2D eigenvalue weighted by Crippen LogP contribution is -2.23. The molecule has 17 heavy (non-hydrogen) atoms. The number of carbonyl (C=O) groups is 1. The topological polar surface area (TPSA) is 57.0 Å². The van der Waals surface area contributed by atoms with Gasteiger partial charge in [0.05, 0.1) is 17.0 Å². The quantitative estimate of drug-likeness (QED) is 0.766. The van der Waals surface area contributed by atoms with Crippen molar-refractivity contribution < 1.29 is 4.79 Å². The smallest absolute Gasteiger partial charge is 0.232 e. The first-order valence-corrected chi connectivity index (χ1v) is 6.15. The number of hydrogen-bond acceptors (Lipinski definition) is 4. The molecule has 0 N–H and O–H groups in total. The van der Waals surface area contributed by atoms with E-state index in [9.17, 15) is 4.79 Å². The number of nitriles is 1. The monoisotopic (exact) mass is 249 g/mol. The Morgan fingerprint density at radius 1 is 1.53 bits per heavy atom. The Morgan fingerprint density at radius 3 is 2.71 bits per heavy atom. The number of hydrogen-bond donors (Lipinski definition) is 0. The van der Waals surface area contributed by atoms with Crippen LogP contribution in [0.1, 0.15) is 17.0 Å². The van der Waals surface area contributed by atoms with Gasteiger partial charge in [-0.3, -0.25) is 9.78 Å². The third-order valence-corrected chi connectivity index (χ3v) is 3.28. The van der Waals surface area contributed by atoms with Crippen molar-refractivity contribution in [3.05, 3.63) is 23.0 Å². The largest absolute Gasteiger partial charge is 0.348 e. The van der Waals surface area contributed by atoms with E-state index in [0.29, 0.717) is 17.0 Å². The minimum absolute atomic E-state index is 0.0333. The Labute approximate surface area is 106 Å². The second-order valence-corrected chi connectivity index (χ2v) is 4.93. The SMILES string of the molecule is Cc1cc(SCC(=O)N(C)C)c(C#N)c(C)n1. The molecule has 0 radical (unpaired) electrons. The summed E-state index contributed by atoms with van der Waals surface area (Å²) in [6, 6.07) is 3.98. The number of carbonyl (C=O) groups excluding carboxylic acids is 1. The molecule has 0 aliphatic rings. The van der Waals surface area contributed by atoms with Gasteiger partial charge in [0, 0.05) is 24.7 Å². The molecule has 0 saturated heterocycles. The first-order chi connectivity index (χ1) is 7.95. The molecule has 0 unspecified atom stereocenters. The lowest BCUT2D eigenvalue weighted by atomic mass is 10.2. The molecule has 0 saturated carbocycles. The van der Waals surface area contributed by atoms with Gasteiger partial charge in [-0.15, -0.1) is 11.8 Å². The lowest BCUT2D eigenvalue weighted by Gasteiger charge is -2.11. The van der Waals surface area contributed by atoms with E-state index < -0.39 is 0 Å². The first-order valence-electron chi connectivity index (χ1n) is 5.17. The van der Waals surface area contributed by atoms with Crippen molar-refractivity contribution >= 4 is 17.7 Å². The molecule has 1 heterocycles. The number of rotatable bonds is 3. The maximum Gasteiger partial charge on any atom is 0.232 e. The summed E-state index contributed by atoms with van der Waals surface area (Å²) in [4.78, 5) is 18.1. The third-order valence-electron chi connectivity index (χ3n) is 2.25. The number of aryl methyl sites for hydroxylation is 2. The molecular weight excluding hydrogens is 234 g/mol. The van der Waals surface area contributed by atoms with Gasteiger partial charge in [-0.25, -0.2) is 0 Å². The summed E-state index contributed by atoms with van der Waals surface area (Å²) < 4.78 is 0. The molecule has 0 atom stereocenters. The Bertz CT molecular complexity index is 477. The summed E-state index contributed by atoms with van der Waals surface area (Å²) in [5, 5.41) is 9.07. The number of nitrogens with zero attached hydrogens (tertiary/aromatic N) is 3. The lowest BCUT2D eigenvalue weighted by molar-refractivity contribution is -0.125. The highest BCUT2D eigenvalue weighted by Crippen LogP contribution is 2.24. The summed E-state index contributed by atoms with van der Waals surface area (Å²) in [5.41, 5.74) is 2.14. The summed E-state index contributed by atoms with van der Waals surface area (Å²) in [7, 11) is 3.44. The van der Waals surface area contributed by atoms with E-state index in [0.717, 1.165) is 10.6 Å². The van der Waals surface area contributed by atoms with Gasteiger partial charge < -0.3 is 4.90 Å². The zero-order chi connectivity index (χ0) is 13.0. The Morgan fingerprint density at radius 2 is 2.18 bits per heavy atom. The molecular formula is C12H15N3OS. The van der Waals surface area contributed by atoms with Crippen molar-refractivity contribution in [2.45, 2.75) is 18.7 Å². The van der Waals surface area contributed by atoms with Crippen LogP contribution in [0.4, 0.5) is 0 Å². The predicted molar refractivity (Wildman–Crippen MR) is 67.8 cm³/mol. The van der Waals surface area contributed by atoms with Gasteiger partial charge in [0.25, 0.3) is 0 Å². The van der Waals surface area contributed by atoms with Crippen molar-refractivity contribution in [2.75, 3.05) is 19.8 Å². The molecule has 1 rings (SSSR count). The van der Waals surface area contributed by atoms with Crippen molar-refractivity contribution in [1.29, 1.82) is 5.26 Å². The molecule has 5 heteroatoms. The van der Waals surface area contributed by atoms with E-state index >= 15 is 0 Å². The predicted octanol–water partition coefficient (Wildman–Crippen LogP) is 1.75. The van der Waals surface area contributed by atoms with Crippen molar-refractivity contribution in [2.24, 2.45) is 0 Å². The summed E-state index contributed by atoms with van der Waals surface area (Å²) >= 11 is 1.38. The van der Waals surface area contributed by atoms with Gasteiger partial charge in [0.2, 0.25) is 5.91 Å². The minimum Gasteiger partial charge on any atom is -0.348 e. The maximum absolute atomic E-state index is 11.5. The molecule has 4 nitrogen and oxygen atoms in total. The molecule has 90 valence electrons. The third kappa shape index (κ3) is 3.46.